The number of benzene rings is 2. The maximum Gasteiger partial charge on any atom is 0.416 e. The van der Waals surface area contributed by atoms with Gasteiger partial charge in [-0.3, -0.25) is 19.4 Å². The number of amides is 2. The first-order valence-corrected chi connectivity index (χ1v) is 8.94. The SMILES string of the molecule is C[C@@H](C(=O)N1CC(=O)Nc2cc(C(F)(F)F)ccc21)N(C)Cc1ccc(F)cc1F. The lowest BCUT2D eigenvalue weighted by atomic mass is 10.1. The number of hydrogen-bond donors (Lipinski definition) is 1. The van der Waals surface area contributed by atoms with Crippen molar-refractivity contribution in [2.24, 2.45) is 0 Å². The molecular formula is C20H18F5N3O2. The van der Waals surface area contributed by atoms with Gasteiger partial charge >= 0.3 is 6.18 Å². The molecule has 1 aliphatic rings. The van der Waals surface area contributed by atoms with Crippen LogP contribution in [0.25, 0.3) is 0 Å². The van der Waals surface area contributed by atoms with E-state index in [2.05, 4.69) is 5.32 Å². The quantitative estimate of drug-likeness (QED) is 0.756. The van der Waals surface area contributed by atoms with Gasteiger partial charge in [-0.2, -0.15) is 13.2 Å². The van der Waals surface area contributed by atoms with Gasteiger partial charge in [0, 0.05) is 18.2 Å². The average molecular weight is 427 g/mol. The number of alkyl halides is 3. The van der Waals surface area contributed by atoms with Crippen LogP contribution >= 0.6 is 0 Å². The Morgan fingerprint density at radius 3 is 2.53 bits per heavy atom. The normalized spacial score (nSPS) is 15.1. The third-order valence-electron chi connectivity index (χ3n) is 4.91. The predicted octanol–water partition coefficient (Wildman–Crippen LogP) is 3.79. The van der Waals surface area contributed by atoms with Crippen molar-refractivity contribution in [2.75, 3.05) is 23.8 Å². The van der Waals surface area contributed by atoms with Gasteiger partial charge in [-0.1, -0.05) is 6.07 Å². The summed E-state index contributed by atoms with van der Waals surface area (Å²) in [5.41, 5.74) is -0.757. The highest BCUT2D eigenvalue weighted by atomic mass is 19.4. The van der Waals surface area contributed by atoms with Crippen LogP contribution in [0.2, 0.25) is 0 Å². The molecule has 2 amide bonds. The highest BCUT2D eigenvalue weighted by molar-refractivity contribution is 6.11. The second-order valence-electron chi connectivity index (χ2n) is 7.03. The van der Waals surface area contributed by atoms with E-state index in [1.165, 1.54) is 17.9 Å². The van der Waals surface area contributed by atoms with Crippen LogP contribution in [0.5, 0.6) is 0 Å². The van der Waals surface area contributed by atoms with E-state index in [0.717, 1.165) is 35.2 Å². The van der Waals surface area contributed by atoms with Crippen molar-refractivity contribution in [3.8, 4) is 0 Å². The van der Waals surface area contributed by atoms with E-state index in [4.69, 9.17) is 0 Å². The van der Waals surface area contributed by atoms with E-state index in [9.17, 15) is 31.5 Å². The second-order valence-corrected chi connectivity index (χ2v) is 7.03. The molecule has 5 nitrogen and oxygen atoms in total. The average Bonchev–Trinajstić information content (AvgIpc) is 2.67. The minimum absolute atomic E-state index is 0.0150. The van der Waals surface area contributed by atoms with Crippen LogP contribution in [-0.4, -0.2) is 36.3 Å². The molecule has 0 radical (unpaired) electrons. The minimum Gasteiger partial charge on any atom is -0.323 e. The van der Waals surface area contributed by atoms with Crippen LogP contribution in [0.15, 0.2) is 36.4 Å². The van der Waals surface area contributed by atoms with Gasteiger partial charge in [0.25, 0.3) is 0 Å². The molecule has 3 rings (SSSR count). The summed E-state index contributed by atoms with van der Waals surface area (Å²) in [4.78, 5) is 27.6. The zero-order valence-corrected chi connectivity index (χ0v) is 16.1. The zero-order valence-electron chi connectivity index (χ0n) is 16.1. The van der Waals surface area contributed by atoms with Crippen LogP contribution in [0.3, 0.4) is 0 Å². The van der Waals surface area contributed by atoms with Crippen molar-refractivity contribution >= 4 is 23.2 Å². The standard InChI is InChI=1S/C20H18F5N3O2/c1-11(27(2)9-12-3-5-14(21)8-15(12)22)19(30)28-10-18(29)26-16-7-13(20(23,24)25)4-6-17(16)28/h3-8,11H,9-10H2,1-2H3,(H,26,29)/t11-/m0/s1. The summed E-state index contributed by atoms with van der Waals surface area (Å²) in [5.74, 6) is -2.66. The summed E-state index contributed by atoms with van der Waals surface area (Å²) < 4.78 is 65.8. The predicted molar refractivity (Wildman–Crippen MR) is 99.7 cm³/mol. The van der Waals surface area contributed by atoms with Crippen LogP contribution in [0.1, 0.15) is 18.1 Å². The Labute approximate surface area is 169 Å². The topological polar surface area (TPSA) is 52.7 Å². The molecular weight excluding hydrogens is 409 g/mol. The molecule has 0 saturated heterocycles. The lowest BCUT2D eigenvalue weighted by Crippen LogP contribution is -2.50. The highest BCUT2D eigenvalue weighted by Gasteiger charge is 2.35. The van der Waals surface area contributed by atoms with E-state index in [1.807, 2.05) is 0 Å². The number of carbonyl (C=O) groups is 2. The summed E-state index contributed by atoms with van der Waals surface area (Å²) in [6.45, 7) is 1.15. The monoisotopic (exact) mass is 427 g/mol. The summed E-state index contributed by atoms with van der Waals surface area (Å²) in [6, 6.07) is 4.99. The van der Waals surface area contributed by atoms with E-state index in [-0.39, 0.29) is 30.0 Å². The molecule has 0 spiro atoms. The van der Waals surface area contributed by atoms with Crippen molar-refractivity contribution in [1.29, 1.82) is 0 Å². The lowest BCUT2D eigenvalue weighted by molar-refractivity contribution is -0.137. The molecule has 0 saturated carbocycles. The molecule has 160 valence electrons. The molecule has 1 N–H and O–H groups in total. The summed E-state index contributed by atoms with van der Waals surface area (Å²) in [5, 5.41) is 2.35. The number of nitrogens with zero attached hydrogens (tertiary/aromatic N) is 2. The number of fused-ring (bicyclic) bond motifs is 1. The Bertz CT molecular complexity index is 993. The smallest absolute Gasteiger partial charge is 0.323 e. The molecule has 2 aromatic rings. The van der Waals surface area contributed by atoms with Crippen LogP contribution in [0, 0.1) is 11.6 Å². The van der Waals surface area contributed by atoms with Gasteiger partial charge < -0.3 is 5.32 Å². The van der Waals surface area contributed by atoms with Crippen LogP contribution in [0.4, 0.5) is 33.3 Å². The Morgan fingerprint density at radius 2 is 1.90 bits per heavy atom. The summed E-state index contributed by atoms with van der Waals surface area (Å²) in [6.07, 6.45) is -4.60. The fourth-order valence-electron chi connectivity index (χ4n) is 3.13. The zero-order chi connectivity index (χ0) is 22.2. The number of likely N-dealkylation sites (N-methyl/N-ethyl adjacent to an activating group) is 1. The molecule has 0 bridgehead atoms. The molecule has 30 heavy (non-hydrogen) atoms. The summed E-state index contributed by atoms with van der Waals surface area (Å²) in [7, 11) is 1.54. The molecule has 1 aliphatic heterocycles. The fourth-order valence-corrected chi connectivity index (χ4v) is 3.13. The molecule has 0 aromatic heterocycles. The number of carbonyl (C=O) groups excluding carboxylic acids is 2. The van der Waals surface area contributed by atoms with E-state index < -0.39 is 41.2 Å². The maximum absolute atomic E-state index is 13.9. The molecule has 10 heteroatoms. The number of anilines is 2. The molecule has 0 fully saturated rings. The Morgan fingerprint density at radius 1 is 1.20 bits per heavy atom. The van der Waals surface area contributed by atoms with E-state index in [0.29, 0.717) is 0 Å². The third-order valence-corrected chi connectivity index (χ3v) is 4.91. The Balaban J connectivity index is 1.83. The van der Waals surface area contributed by atoms with Crippen molar-refractivity contribution in [3.05, 3.63) is 59.2 Å². The maximum atomic E-state index is 13.9. The van der Waals surface area contributed by atoms with E-state index in [1.54, 1.807) is 7.05 Å². The minimum atomic E-state index is -4.60. The van der Waals surface area contributed by atoms with Crippen LogP contribution in [-0.2, 0) is 22.3 Å². The van der Waals surface area contributed by atoms with Gasteiger partial charge in [0.2, 0.25) is 11.8 Å². The first-order chi connectivity index (χ1) is 14.0. The fraction of sp³-hybridized carbons (Fsp3) is 0.300. The molecule has 2 aromatic carbocycles. The van der Waals surface area contributed by atoms with Gasteiger partial charge in [0.15, 0.2) is 0 Å². The van der Waals surface area contributed by atoms with E-state index >= 15 is 0 Å². The molecule has 1 atom stereocenters. The summed E-state index contributed by atoms with van der Waals surface area (Å²) >= 11 is 0. The van der Waals surface area contributed by atoms with Gasteiger partial charge in [0.05, 0.1) is 23.0 Å². The largest absolute Gasteiger partial charge is 0.416 e. The van der Waals surface area contributed by atoms with Gasteiger partial charge in [0.1, 0.15) is 18.2 Å². The lowest BCUT2D eigenvalue weighted by Gasteiger charge is -2.34. The van der Waals surface area contributed by atoms with Crippen LogP contribution < -0.4 is 10.2 Å². The Kier molecular flexibility index (Phi) is 5.80. The first kappa shape index (κ1) is 21.7. The number of halogens is 5. The Hall–Kier alpha value is -3.01. The van der Waals surface area contributed by atoms with Gasteiger partial charge in [-0.15, -0.1) is 0 Å². The molecule has 0 unspecified atom stereocenters. The van der Waals surface area contributed by atoms with Crippen molar-refractivity contribution in [1.82, 2.24) is 4.90 Å². The number of nitrogens with one attached hydrogen (secondary N) is 1. The number of hydrogen-bond acceptors (Lipinski definition) is 3. The third kappa shape index (κ3) is 4.43. The molecule has 0 aliphatic carbocycles. The van der Waals surface area contributed by atoms with Crippen molar-refractivity contribution < 1.29 is 31.5 Å². The second kappa shape index (κ2) is 8.02. The molecule has 1 heterocycles. The van der Waals surface area contributed by atoms with Gasteiger partial charge in [-0.05, 0) is 38.2 Å². The highest BCUT2D eigenvalue weighted by Crippen LogP contribution is 2.37. The van der Waals surface area contributed by atoms with Gasteiger partial charge in [-0.25, -0.2) is 8.78 Å². The van der Waals surface area contributed by atoms with Crippen molar-refractivity contribution in [3.63, 3.8) is 0 Å². The number of rotatable bonds is 4. The van der Waals surface area contributed by atoms with Crippen molar-refractivity contribution in [2.45, 2.75) is 25.7 Å². The first-order valence-electron chi connectivity index (χ1n) is 8.94.